The number of carbonyl (C=O) groups is 1. The third-order valence-electron chi connectivity index (χ3n) is 4.46. The van der Waals surface area contributed by atoms with Crippen molar-refractivity contribution in [2.24, 2.45) is 0 Å². The summed E-state index contributed by atoms with van der Waals surface area (Å²) in [4.78, 5) is 17.1. The van der Waals surface area contributed by atoms with E-state index in [4.69, 9.17) is 11.6 Å². The van der Waals surface area contributed by atoms with E-state index in [2.05, 4.69) is 15.4 Å². The van der Waals surface area contributed by atoms with Crippen molar-refractivity contribution in [1.29, 1.82) is 0 Å². The highest BCUT2D eigenvalue weighted by Crippen LogP contribution is 2.30. The average molecular weight is 393 g/mol. The number of phenols is 1. The summed E-state index contributed by atoms with van der Waals surface area (Å²) in [6.07, 6.45) is 1.45. The summed E-state index contributed by atoms with van der Waals surface area (Å²) >= 11 is 6.57. The van der Waals surface area contributed by atoms with Crippen molar-refractivity contribution in [3.05, 3.63) is 76.6 Å². The van der Waals surface area contributed by atoms with E-state index in [0.29, 0.717) is 27.4 Å². The van der Waals surface area contributed by atoms with Gasteiger partial charge < -0.3 is 10.4 Å². The first kappa shape index (κ1) is 18.0. The number of benzene rings is 2. The second kappa shape index (κ2) is 6.98. The van der Waals surface area contributed by atoms with Gasteiger partial charge in [-0.05, 0) is 50.2 Å². The molecule has 7 heteroatoms. The number of fused-ring (bicyclic) bond motifs is 1. The van der Waals surface area contributed by atoms with Gasteiger partial charge >= 0.3 is 0 Å². The first-order valence-electron chi connectivity index (χ1n) is 8.65. The highest BCUT2D eigenvalue weighted by Gasteiger charge is 2.20. The Morgan fingerprint density at radius 1 is 1.07 bits per heavy atom. The monoisotopic (exact) mass is 392 g/mol. The molecule has 0 fully saturated rings. The summed E-state index contributed by atoms with van der Waals surface area (Å²) in [5.74, 6) is -0.258. The summed E-state index contributed by atoms with van der Waals surface area (Å²) in [5, 5.41) is 17.6. The van der Waals surface area contributed by atoms with Crippen molar-refractivity contribution >= 4 is 34.2 Å². The Bertz CT molecular complexity index is 1180. The molecule has 140 valence electrons. The molecule has 28 heavy (non-hydrogen) atoms. The summed E-state index contributed by atoms with van der Waals surface area (Å²) < 4.78 is 1.72. The van der Waals surface area contributed by atoms with Crippen LogP contribution in [0.2, 0.25) is 5.02 Å². The van der Waals surface area contributed by atoms with E-state index >= 15 is 0 Å². The molecule has 2 N–H and O–H groups in total. The Hall–Kier alpha value is -3.38. The molecule has 4 rings (SSSR count). The Labute approximate surface area is 166 Å². The number of amides is 1. The van der Waals surface area contributed by atoms with E-state index < -0.39 is 0 Å². The largest absolute Gasteiger partial charge is 0.508 e. The number of carbonyl (C=O) groups excluding carboxylic acids is 1. The van der Waals surface area contributed by atoms with Gasteiger partial charge in [-0.3, -0.25) is 4.79 Å². The highest BCUT2D eigenvalue weighted by molar-refractivity contribution is 6.39. The molecule has 0 aliphatic rings. The number of rotatable bonds is 3. The molecule has 4 aromatic rings. The van der Waals surface area contributed by atoms with Crippen molar-refractivity contribution in [3.63, 3.8) is 0 Å². The number of anilines is 1. The minimum absolute atomic E-state index is 0.123. The Morgan fingerprint density at radius 3 is 2.43 bits per heavy atom. The van der Waals surface area contributed by atoms with Crippen molar-refractivity contribution in [1.82, 2.24) is 14.8 Å². The van der Waals surface area contributed by atoms with Crippen LogP contribution in [0.5, 0.6) is 5.75 Å². The second-order valence-electron chi connectivity index (χ2n) is 6.52. The molecule has 1 amide bonds. The molecule has 2 heterocycles. The van der Waals surface area contributed by atoms with Crippen molar-refractivity contribution in [3.8, 4) is 11.4 Å². The van der Waals surface area contributed by atoms with Gasteiger partial charge in [-0.25, -0.2) is 9.67 Å². The average Bonchev–Trinajstić information content (AvgIpc) is 3.02. The molecule has 0 saturated heterocycles. The fourth-order valence-electron chi connectivity index (χ4n) is 2.98. The number of aromatic nitrogens is 3. The number of nitrogens with zero attached hydrogens (tertiary/aromatic N) is 3. The number of aromatic hydroxyl groups is 1. The maximum atomic E-state index is 12.7. The van der Waals surface area contributed by atoms with Crippen LogP contribution in [0.4, 0.5) is 5.69 Å². The Balaban J connectivity index is 1.74. The second-order valence-corrected chi connectivity index (χ2v) is 6.90. The van der Waals surface area contributed by atoms with E-state index in [0.717, 1.165) is 11.3 Å². The predicted molar refractivity (Wildman–Crippen MR) is 109 cm³/mol. The van der Waals surface area contributed by atoms with E-state index in [1.54, 1.807) is 16.8 Å². The lowest BCUT2D eigenvalue weighted by Crippen LogP contribution is -2.13. The first-order valence-corrected chi connectivity index (χ1v) is 9.03. The minimum Gasteiger partial charge on any atom is -0.508 e. The molecule has 0 aliphatic heterocycles. The molecule has 0 spiro atoms. The summed E-state index contributed by atoms with van der Waals surface area (Å²) in [5.41, 5.74) is 4.10. The van der Waals surface area contributed by atoms with Crippen LogP contribution < -0.4 is 5.32 Å². The standard InChI is InChI=1S/C21H17ClN4O2/c1-12-3-7-15(8-4-12)26-20-18(13(2)25-26)19(22)17(11-23-20)21(28)24-14-5-9-16(27)10-6-14/h3-11,27H,1-2H3,(H,24,28). The quantitative estimate of drug-likeness (QED) is 0.497. The highest BCUT2D eigenvalue weighted by atomic mass is 35.5. The van der Waals surface area contributed by atoms with Gasteiger partial charge in [-0.15, -0.1) is 0 Å². The number of phenolic OH excluding ortho intramolecular Hbond substituents is 1. The fourth-order valence-corrected chi connectivity index (χ4v) is 3.33. The maximum Gasteiger partial charge on any atom is 0.258 e. The molecule has 2 aromatic heterocycles. The molecule has 0 radical (unpaired) electrons. The lowest BCUT2D eigenvalue weighted by molar-refractivity contribution is 0.102. The van der Waals surface area contributed by atoms with E-state index in [1.165, 1.54) is 18.3 Å². The van der Waals surface area contributed by atoms with Gasteiger partial charge in [0, 0.05) is 11.9 Å². The molecule has 0 unspecified atom stereocenters. The predicted octanol–water partition coefficient (Wildman–Crippen LogP) is 4.65. The van der Waals surface area contributed by atoms with Gasteiger partial charge in [0.1, 0.15) is 5.75 Å². The van der Waals surface area contributed by atoms with E-state index in [-0.39, 0.29) is 17.2 Å². The molecule has 0 bridgehead atoms. The van der Waals surface area contributed by atoms with Crippen LogP contribution in [-0.2, 0) is 0 Å². The van der Waals surface area contributed by atoms with Crippen LogP contribution in [0, 0.1) is 13.8 Å². The number of hydrogen-bond donors (Lipinski definition) is 2. The Morgan fingerprint density at radius 2 is 1.75 bits per heavy atom. The smallest absolute Gasteiger partial charge is 0.258 e. The summed E-state index contributed by atoms with van der Waals surface area (Å²) in [7, 11) is 0. The topological polar surface area (TPSA) is 80.0 Å². The van der Waals surface area contributed by atoms with Gasteiger partial charge in [0.05, 0.1) is 27.4 Å². The van der Waals surface area contributed by atoms with Crippen molar-refractivity contribution < 1.29 is 9.90 Å². The van der Waals surface area contributed by atoms with E-state index in [1.807, 2.05) is 38.1 Å². The van der Waals surface area contributed by atoms with Gasteiger partial charge in [-0.2, -0.15) is 5.10 Å². The molecule has 0 saturated carbocycles. The van der Waals surface area contributed by atoms with Crippen LogP contribution in [0.3, 0.4) is 0 Å². The first-order chi connectivity index (χ1) is 13.4. The minimum atomic E-state index is -0.382. The molecule has 2 aromatic carbocycles. The zero-order valence-corrected chi connectivity index (χ0v) is 16.0. The SMILES string of the molecule is Cc1ccc(-n2nc(C)c3c(Cl)c(C(=O)Nc4ccc(O)cc4)cnc32)cc1. The lowest BCUT2D eigenvalue weighted by Gasteiger charge is -2.08. The number of halogens is 1. The van der Waals surface area contributed by atoms with Crippen molar-refractivity contribution in [2.75, 3.05) is 5.32 Å². The van der Waals surface area contributed by atoms with Crippen molar-refractivity contribution in [2.45, 2.75) is 13.8 Å². The third kappa shape index (κ3) is 3.18. The van der Waals surface area contributed by atoms with Gasteiger partial charge in [0.25, 0.3) is 5.91 Å². The van der Waals surface area contributed by atoms with E-state index in [9.17, 15) is 9.90 Å². The maximum absolute atomic E-state index is 12.7. The summed E-state index contributed by atoms with van der Waals surface area (Å²) in [6, 6.07) is 14.1. The summed E-state index contributed by atoms with van der Waals surface area (Å²) in [6.45, 7) is 3.85. The van der Waals surface area contributed by atoms with Gasteiger partial charge in [0.15, 0.2) is 5.65 Å². The Kier molecular flexibility index (Phi) is 4.49. The molecule has 0 atom stereocenters. The zero-order valence-electron chi connectivity index (χ0n) is 15.3. The van der Waals surface area contributed by atoms with Crippen LogP contribution in [-0.4, -0.2) is 25.8 Å². The zero-order chi connectivity index (χ0) is 19.8. The van der Waals surface area contributed by atoms with Crippen LogP contribution >= 0.6 is 11.6 Å². The number of aryl methyl sites for hydroxylation is 2. The molecule has 0 aliphatic carbocycles. The molecular formula is C21H17ClN4O2. The number of pyridine rings is 1. The fraction of sp³-hybridized carbons (Fsp3) is 0.0952. The van der Waals surface area contributed by atoms with Crippen LogP contribution in [0.1, 0.15) is 21.6 Å². The lowest BCUT2D eigenvalue weighted by atomic mass is 10.2. The van der Waals surface area contributed by atoms with Gasteiger partial charge in [0.2, 0.25) is 0 Å². The number of hydrogen-bond acceptors (Lipinski definition) is 4. The van der Waals surface area contributed by atoms with Gasteiger partial charge in [-0.1, -0.05) is 29.3 Å². The molecular weight excluding hydrogens is 376 g/mol. The number of nitrogens with one attached hydrogen (secondary N) is 1. The third-order valence-corrected chi connectivity index (χ3v) is 4.85. The molecule has 6 nitrogen and oxygen atoms in total. The van der Waals surface area contributed by atoms with Crippen LogP contribution in [0.15, 0.2) is 54.7 Å². The van der Waals surface area contributed by atoms with Crippen LogP contribution in [0.25, 0.3) is 16.7 Å². The normalized spacial score (nSPS) is 11.0.